The summed E-state index contributed by atoms with van der Waals surface area (Å²) in [6.07, 6.45) is 0. The van der Waals surface area contributed by atoms with Gasteiger partial charge in [-0.05, 0) is 31.3 Å². The van der Waals surface area contributed by atoms with Gasteiger partial charge in [0.1, 0.15) is 5.82 Å². The number of rotatable bonds is 4. The predicted molar refractivity (Wildman–Crippen MR) is 107 cm³/mol. The number of thiocarbonyl (C=S) groups is 1. The maximum absolute atomic E-state index is 14.4. The number of non-ortho nitro benzene ring substituents is 1. The number of carbonyl (C=O) groups is 1. The van der Waals surface area contributed by atoms with Crippen LogP contribution in [0.5, 0.6) is 0 Å². The highest BCUT2D eigenvalue weighted by atomic mass is 32.1. The SMILES string of the molecule is CC1=C(C(=O)Nc2cccc([N+](=O)[O-])c2)C(c2ccccc2F)NC(=S)N1C. The van der Waals surface area contributed by atoms with E-state index in [9.17, 15) is 19.3 Å². The van der Waals surface area contributed by atoms with E-state index in [2.05, 4.69) is 10.6 Å². The fourth-order valence-corrected chi connectivity index (χ4v) is 3.22. The molecule has 3 rings (SSSR count). The van der Waals surface area contributed by atoms with E-state index < -0.39 is 22.7 Å². The zero-order valence-corrected chi connectivity index (χ0v) is 15.9. The second kappa shape index (κ2) is 7.73. The number of nitrogens with one attached hydrogen (secondary N) is 2. The van der Waals surface area contributed by atoms with Crippen molar-refractivity contribution in [2.45, 2.75) is 13.0 Å². The summed E-state index contributed by atoms with van der Waals surface area (Å²) in [4.78, 5) is 25.1. The Bertz CT molecular complexity index is 1010. The number of halogens is 1. The van der Waals surface area contributed by atoms with Crippen LogP contribution in [0.15, 0.2) is 59.8 Å². The van der Waals surface area contributed by atoms with Gasteiger partial charge >= 0.3 is 0 Å². The molecule has 1 unspecified atom stereocenters. The maximum atomic E-state index is 14.4. The quantitative estimate of drug-likeness (QED) is 0.464. The Morgan fingerprint density at radius 2 is 2.00 bits per heavy atom. The van der Waals surface area contributed by atoms with Crippen molar-refractivity contribution in [2.24, 2.45) is 0 Å². The number of benzene rings is 2. The molecule has 7 nitrogen and oxygen atoms in total. The molecule has 1 atom stereocenters. The molecule has 9 heteroatoms. The van der Waals surface area contributed by atoms with Crippen molar-refractivity contribution < 1.29 is 14.1 Å². The minimum Gasteiger partial charge on any atom is -0.351 e. The first-order valence-electron chi connectivity index (χ1n) is 8.35. The summed E-state index contributed by atoms with van der Waals surface area (Å²) in [6, 6.07) is 10.9. The minimum absolute atomic E-state index is 0.144. The topological polar surface area (TPSA) is 87.5 Å². The number of allylic oxidation sites excluding steroid dienone is 1. The number of carbonyl (C=O) groups excluding carboxylic acids is 1. The highest BCUT2D eigenvalue weighted by Gasteiger charge is 2.33. The lowest BCUT2D eigenvalue weighted by Gasteiger charge is -2.35. The number of nitrogens with zero attached hydrogens (tertiary/aromatic N) is 2. The third-order valence-electron chi connectivity index (χ3n) is 4.53. The molecule has 28 heavy (non-hydrogen) atoms. The minimum atomic E-state index is -0.788. The van der Waals surface area contributed by atoms with Gasteiger partial charge in [0.25, 0.3) is 11.6 Å². The number of anilines is 1. The van der Waals surface area contributed by atoms with Crippen molar-refractivity contribution in [3.8, 4) is 0 Å². The molecule has 0 saturated heterocycles. The van der Waals surface area contributed by atoms with Gasteiger partial charge in [0.2, 0.25) is 0 Å². The van der Waals surface area contributed by atoms with Crippen LogP contribution in [0.25, 0.3) is 0 Å². The predicted octanol–water partition coefficient (Wildman–Crippen LogP) is 3.51. The molecular formula is C19H17FN4O3S. The second-order valence-corrected chi connectivity index (χ2v) is 6.61. The summed E-state index contributed by atoms with van der Waals surface area (Å²) >= 11 is 5.29. The summed E-state index contributed by atoms with van der Waals surface area (Å²) in [7, 11) is 1.70. The molecular weight excluding hydrogens is 383 g/mol. The van der Waals surface area contributed by atoms with Crippen LogP contribution in [0.3, 0.4) is 0 Å². The molecule has 0 bridgehead atoms. The number of nitro groups is 1. The Hall–Kier alpha value is -3.33. The van der Waals surface area contributed by atoms with Gasteiger partial charge in [-0.3, -0.25) is 14.9 Å². The van der Waals surface area contributed by atoms with Crippen LogP contribution in [0, 0.1) is 15.9 Å². The molecule has 0 radical (unpaired) electrons. The molecule has 1 heterocycles. The van der Waals surface area contributed by atoms with Crippen LogP contribution in [-0.4, -0.2) is 27.9 Å². The number of amides is 1. The zero-order valence-electron chi connectivity index (χ0n) is 15.1. The largest absolute Gasteiger partial charge is 0.351 e. The van der Waals surface area contributed by atoms with E-state index in [0.717, 1.165) is 0 Å². The summed E-state index contributed by atoms with van der Waals surface area (Å²) in [5.74, 6) is -0.978. The van der Waals surface area contributed by atoms with Gasteiger partial charge in [0.05, 0.1) is 16.5 Å². The van der Waals surface area contributed by atoms with Gasteiger partial charge < -0.3 is 15.5 Å². The molecule has 0 aromatic heterocycles. The van der Waals surface area contributed by atoms with Crippen molar-refractivity contribution in [3.63, 3.8) is 0 Å². The van der Waals surface area contributed by atoms with E-state index in [0.29, 0.717) is 10.8 Å². The Morgan fingerprint density at radius 1 is 1.29 bits per heavy atom. The Balaban J connectivity index is 2.01. The molecule has 2 aromatic rings. The standard InChI is InChI=1S/C19H17FN4O3S/c1-11-16(18(25)21-12-6-5-7-13(10-12)24(26)27)17(22-19(28)23(11)2)14-8-3-4-9-15(14)20/h3-10,17H,1-2H3,(H,21,25)(H,22,28). The van der Waals surface area contributed by atoms with Crippen molar-refractivity contribution in [1.82, 2.24) is 10.2 Å². The lowest BCUT2D eigenvalue weighted by atomic mass is 9.94. The van der Waals surface area contributed by atoms with Crippen molar-refractivity contribution in [3.05, 3.63) is 81.3 Å². The van der Waals surface area contributed by atoms with Gasteiger partial charge in [0.15, 0.2) is 5.11 Å². The third-order valence-corrected chi connectivity index (χ3v) is 4.92. The number of hydrogen-bond acceptors (Lipinski definition) is 4. The van der Waals surface area contributed by atoms with E-state index in [1.807, 2.05) is 0 Å². The van der Waals surface area contributed by atoms with Crippen LogP contribution in [0.4, 0.5) is 15.8 Å². The second-order valence-electron chi connectivity index (χ2n) is 6.22. The monoisotopic (exact) mass is 400 g/mol. The van der Waals surface area contributed by atoms with Crippen molar-refractivity contribution in [1.29, 1.82) is 0 Å². The number of nitro benzene ring substituents is 1. The summed E-state index contributed by atoms with van der Waals surface area (Å²) in [5, 5.41) is 17.0. The fourth-order valence-electron chi connectivity index (χ4n) is 2.97. The first kappa shape index (κ1) is 19.4. The average molecular weight is 400 g/mol. The molecule has 144 valence electrons. The van der Waals surface area contributed by atoms with Crippen molar-refractivity contribution >= 4 is 34.6 Å². The Morgan fingerprint density at radius 3 is 2.68 bits per heavy atom. The molecule has 1 aliphatic rings. The van der Waals surface area contributed by atoms with Crippen LogP contribution in [0.1, 0.15) is 18.5 Å². The Labute approximate surface area is 166 Å². The molecule has 2 aromatic carbocycles. The Kier molecular flexibility index (Phi) is 5.36. The van der Waals surface area contributed by atoms with Gasteiger partial charge in [-0.1, -0.05) is 24.3 Å². The molecule has 2 N–H and O–H groups in total. The normalized spacial score (nSPS) is 16.6. The van der Waals surface area contributed by atoms with Gasteiger partial charge in [-0.25, -0.2) is 4.39 Å². The maximum Gasteiger partial charge on any atom is 0.271 e. The lowest BCUT2D eigenvalue weighted by Crippen LogP contribution is -2.46. The third kappa shape index (κ3) is 3.70. The van der Waals surface area contributed by atoms with Crippen molar-refractivity contribution in [2.75, 3.05) is 12.4 Å². The van der Waals surface area contributed by atoms with Gasteiger partial charge in [-0.2, -0.15) is 0 Å². The van der Waals surface area contributed by atoms with Crippen LogP contribution < -0.4 is 10.6 Å². The fraction of sp³-hybridized carbons (Fsp3) is 0.158. The number of hydrogen-bond donors (Lipinski definition) is 2. The summed E-state index contributed by atoms with van der Waals surface area (Å²) in [6.45, 7) is 1.71. The van der Waals surface area contributed by atoms with E-state index in [4.69, 9.17) is 12.2 Å². The molecule has 1 aliphatic heterocycles. The highest BCUT2D eigenvalue weighted by molar-refractivity contribution is 7.80. The van der Waals surface area contributed by atoms with E-state index in [-0.39, 0.29) is 22.5 Å². The lowest BCUT2D eigenvalue weighted by molar-refractivity contribution is -0.384. The molecule has 0 spiro atoms. The summed E-state index contributed by atoms with van der Waals surface area (Å²) < 4.78 is 14.4. The van der Waals surface area contributed by atoms with Crippen LogP contribution in [0.2, 0.25) is 0 Å². The zero-order chi connectivity index (χ0) is 20.4. The molecule has 0 aliphatic carbocycles. The molecule has 1 amide bonds. The van der Waals surface area contributed by atoms with E-state index >= 15 is 0 Å². The average Bonchev–Trinajstić information content (AvgIpc) is 2.66. The summed E-state index contributed by atoms with van der Waals surface area (Å²) in [5.41, 5.74) is 1.23. The molecule has 0 saturated carbocycles. The van der Waals surface area contributed by atoms with Crippen LogP contribution in [-0.2, 0) is 4.79 Å². The smallest absolute Gasteiger partial charge is 0.271 e. The van der Waals surface area contributed by atoms with Crippen LogP contribution >= 0.6 is 12.2 Å². The highest BCUT2D eigenvalue weighted by Crippen LogP contribution is 2.32. The van der Waals surface area contributed by atoms with Gasteiger partial charge in [0, 0.05) is 36.1 Å². The first-order valence-corrected chi connectivity index (χ1v) is 8.75. The first-order chi connectivity index (χ1) is 13.3. The van der Waals surface area contributed by atoms with E-state index in [1.54, 1.807) is 43.1 Å². The van der Waals surface area contributed by atoms with E-state index in [1.165, 1.54) is 24.3 Å². The van der Waals surface area contributed by atoms with Gasteiger partial charge in [-0.15, -0.1) is 0 Å². The molecule has 0 fully saturated rings.